The van der Waals surface area contributed by atoms with Gasteiger partial charge in [0.15, 0.2) is 8.32 Å². The van der Waals surface area contributed by atoms with Crippen molar-refractivity contribution in [3.63, 3.8) is 0 Å². The number of fused-ring (bicyclic) bond motifs is 5. The summed E-state index contributed by atoms with van der Waals surface area (Å²) in [6, 6.07) is 0. The highest BCUT2D eigenvalue weighted by Crippen LogP contribution is 2.51. The maximum atomic E-state index is 13.0. The van der Waals surface area contributed by atoms with Crippen LogP contribution in [0.5, 0.6) is 0 Å². The molecule has 0 amide bonds. The second-order valence-electron chi connectivity index (χ2n) is 11.4. The Morgan fingerprint density at radius 3 is 2.50 bits per heavy atom. The van der Waals surface area contributed by atoms with E-state index in [-0.39, 0.29) is 29.3 Å². The van der Waals surface area contributed by atoms with Crippen molar-refractivity contribution < 1.29 is 14.0 Å². The van der Waals surface area contributed by atoms with Gasteiger partial charge in [0.1, 0.15) is 5.78 Å². The van der Waals surface area contributed by atoms with Gasteiger partial charge in [-0.15, -0.1) is 0 Å². The third-order valence-corrected chi connectivity index (χ3v) is 12.6. The van der Waals surface area contributed by atoms with Crippen molar-refractivity contribution in [2.75, 3.05) is 0 Å². The molecule has 0 aromatic heterocycles. The van der Waals surface area contributed by atoms with Gasteiger partial charge in [-0.3, -0.25) is 4.79 Å². The molecule has 28 heavy (non-hydrogen) atoms. The van der Waals surface area contributed by atoms with Crippen LogP contribution in [0.4, 0.5) is 0 Å². The Hall–Kier alpha value is -0.453. The van der Waals surface area contributed by atoms with Gasteiger partial charge in [-0.1, -0.05) is 46.3 Å². The highest BCUT2D eigenvalue weighted by atomic mass is 28.4. The molecule has 3 aliphatic rings. The maximum Gasteiger partial charge on any atom is 0.192 e. The average Bonchev–Trinajstić information content (AvgIpc) is 2.94. The van der Waals surface area contributed by atoms with Gasteiger partial charge in [-0.05, 0) is 62.6 Å². The van der Waals surface area contributed by atoms with E-state index in [1.54, 1.807) is 0 Å². The first kappa shape index (κ1) is 22.2. The number of ether oxygens (including phenoxy) is 1. The maximum absolute atomic E-state index is 13.0. The van der Waals surface area contributed by atoms with Gasteiger partial charge in [0.25, 0.3) is 0 Å². The Labute approximate surface area is 173 Å². The van der Waals surface area contributed by atoms with Crippen LogP contribution in [0.2, 0.25) is 18.1 Å². The van der Waals surface area contributed by atoms with E-state index < -0.39 is 8.32 Å². The van der Waals surface area contributed by atoms with Gasteiger partial charge >= 0.3 is 0 Å². The van der Waals surface area contributed by atoms with E-state index in [9.17, 15) is 4.79 Å². The smallest absolute Gasteiger partial charge is 0.192 e. The molecule has 1 aliphatic carbocycles. The highest BCUT2D eigenvalue weighted by molar-refractivity contribution is 6.74. The Morgan fingerprint density at radius 2 is 1.89 bits per heavy atom. The summed E-state index contributed by atoms with van der Waals surface area (Å²) in [5.74, 6) is 1.98. The first-order valence-electron chi connectivity index (χ1n) is 11.4. The standard InChI is InChI=1S/C24H42O3Si/c1-15(2)17-12-13-18(25)22-20-14-16(3)10-9-11-19(23(26-20)21(17)22)27-28(7,8)24(4,5)6/h10,15,17,19-23H,9,11-14H2,1-8H3/b16-10+/t17-,19+,20-,21-,22-,23+/m1/s1. The zero-order valence-corrected chi connectivity index (χ0v) is 20.4. The lowest BCUT2D eigenvalue weighted by atomic mass is 9.63. The van der Waals surface area contributed by atoms with Crippen LogP contribution in [0, 0.1) is 23.7 Å². The Morgan fingerprint density at radius 1 is 1.21 bits per heavy atom. The SMILES string of the molecule is C/C1=C\CC[C@H](O[Si](C)(C)C(C)(C)C)[C@@H]2O[C@H](C1)[C@H]1C(=O)CC[C@H](C(C)C)[C@@H]21. The van der Waals surface area contributed by atoms with Crippen molar-refractivity contribution in [1.29, 1.82) is 0 Å². The van der Waals surface area contributed by atoms with Crippen LogP contribution in [0.25, 0.3) is 0 Å². The zero-order valence-electron chi connectivity index (χ0n) is 19.4. The average molecular weight is 407 g/mol. The monoisotopic (exact) mass is 406 g/mol. The minimum atomic E-state index is -1.91. The van der Waals surface area contributed by atoms with Gasteiger partial charge in [-0.2, -0.15) is 0 Å². The molecule has 1 saturated carbocycles. The van der Waals surface area contributed by atoms with Gasteiger partial charge in [0.05, 0.1) is 18.3 Å². The van der Waals surface area contributed by atoms with Crippen LogP contribution in [0.3, 0.4) is 0 Å². The van der Waals surface area contributed by atoms with Crippen molar-refractivity contribution in [2.24, 2.45) is 23.7 Å². The van der Waals surface area contributed by atoms with Crippen molar-refractivity contribution in [1.82, 2.24) is 0 Å². The zero-order chi connectivity index (χ0) is 20.9. The summed E-state index contributed by atoms with van der Waals surface area (Å²) in [5.41, 5.74) is 1.37. The molecule has 3 rings (SSSR count). The Kier molecular flexibility index (Phi) is 6.35. The molecule has 1 saturated heterocycles. The second-order valence-corrected chi connectivity index (χ2v) is 16.2. The first-order chi connectivity index (χ1) is 12.9. The van der Waals surface area contributed by atoms with Crippen LogP contribution in [0.1, 0.15) is 73.6 Å². The molecular weight excluding hydrogens is 364 g/mol. The fraction of sp³-hybridized carbons (Fsp3) is 0.875. The predicted molar refractivity (Wildman–Crippen MR) is 118 cm³/mol. The van der Waals surface area contributed by atoms with Gasteiger partial charge in [0.2, 0.25) is 0 Å². The molecule has 2 fully saturated rings. The van der Waals surface area contributed by atoms with Crippen LogP contribution >= 0.6 is 0 Å². The van der Waals surface area contributed by atoms with E-state index in [0.29, 0.717) is 23.5 Å². The minimum Gasteiger partial charge on any atom is -0.411 e. The van der Waals surface area contributed by atoms with Crippen molar-refractivity contribution in [3.8, 4) is 0 Å². The van der Waals surface area contributed by atoms with Gasteiger partial charge in [0, 0.05) is 18.3 Å². The van der Waals surface area contributed by atoms with Crippen LogP contribution in [0.15, 0.2) is 11.6 Å². The molecule has 4 heteroatoms. The molecule has 2 aliphatic heterocycles. The van der Waals surface area contributed by atoms with Gasteiger partial charge < -0.3 is 9.16 Å². The summed E-state index contributed by atoms with van der Waals surface area (Å²) in [4.78, 5) is 13.0. The van der Waals surface area contributed by atoms with Crippen LogP contribution < -0.4 is 0 Å². The third kappa shape index (κ3) is 4.20. The molecule has 0 unspecified atom stereocenters. The molecule has 0 spiro atoms. The second kappa shape index (κ2) is 8.00. The van der Waals surface area contributed by atoms with E-state index in [2.05, 4.69) is 60.7 Å². The summed E-state index contributed by atoms with van der Waals surface area (Å²) in [7, 11) is -1.91. The number of allylic oxidation sites excluding steroid dienone is 1. The summed E-state index contributed by atoms with van der Waals surface area (Å²) in [5, 5.41) is 0.175. The molecule has 0 aromatic carbocycles. The first-order valence-corrected chi connectivity index (χ1v) is 14.3. The summed E-state index contributed by atoms with van der Waals surface area (Å²) < 4.78 is 13.7. The topological polar surface area (TPSA) is 35.5 Å². The lowest BCUT2D eigenvalue weighted by molar-refractivity contribution is -0.129. The van der Waals surface area contributed by atoms with Crippen LogP contribution in [-0.4, -0.2) is 32.4 Å². The summed E-state index contributed by atoms with van der Waals surface area (Å²) >= 11 is 0. The largest absolute Gasteiger partial charge is 0.411 e. The fourth-order valence-corrected chi connectivity index (χ4v) is 6.82. The molecule has 160 valence electrons. The van der Waals surface area contributed by atoms with E-state index in [4.69, 9.17) is 9.16 Å². The van der Waals surface area contributed by atoms with E-state index in [0.717, 1.165) is 32.1 Å². The fourth-order valence-electron chi connectivity index (χ4n) is 5.46. The number of rotatable bonds is 3. The summed E-state index contributed by atoms with van der Waals surface area (Å²) in [6.07, 6.45) is 7.28. The number of hydrogen-bond acceptors (Lipinski definition) is 3. The number of carbonyl (C=O) groups is 1. The number of ketones is 1. The lowest BCUT2D eigenvalue weighted by Crippen LogP contribution is -2.50. The van der Waals surface area contributed by atoms with Gasteiger partial charge in [-0.25, -0.2) is 0 Å². The van der Waals surface area contributed by atoms with E-state index in [1.807, 2.05) is 0 Å². The molecule has 0 aromatic rings. The van der Waals surface area contributed by atoms with Crippen molar-refractivity contribution >= 4 is 14.1 Å². The Balaban J connectivity index is 1.98. The van der Waals surface area contributed by atoms with E-state index in [1.165, 1.54) is 5.57 Å². The molecule has 0 radical (unpaired) electrons. The molecule has 3 nitrogen and oxygen atoms in total. The molecule has 6 atom stereocenters. The van der Waals surface area contributed by atoms with Crippen molar-refractivity contribution in [3.05, 3.63) is 11.6 Å². The number of carbonyl (C=O) groups excluding carboxylic acids is 1. The molecule has 0 N–H and O–H groups in total. The number of Topliss-reactive ketones (excluding diaryl/α,β-unsaturated/α-hetero) is 1. The molecular formula is C24H42O3Si. The quantitative estimate of drug-likeness (QED) is 0.417. The Bertz CT molecular complexity index is 616. The summed E-state index contributed by atoms with van der Waals surface area (Å²) in [6.45, 7) is 18.5. The normalized spacial score (nSPS) is 39.0. The molecule has 2 heterocycles. The number of hydrogen-bond donors (Lipinski definition) is 0. The van der Waals surface area contributed by atoms with E-state index >= 15 is 0 Å². The lowest BCUT2D eigenvalue weighted by Gasteiger charge is -2.44. The predicted octanol–water partition coefficient (Wildman–Crippen LogP) is 6.14. The minimum absolute atomic E-state index is 0.0453. The van der Waals surface area contributed by atoms with Crippen LogP contribution in [-0.2, 0) is 14.0 Å². The highest BCUT2D eigenvalue weighted by Gasteiger charge is 2.56. The van der Waals surface area contributed by atoms with Crippen molar-refractivity contribution in [2.45, 2.75) is 110 Å². The third-order valence-electron chi connectivity index (χ3n) is 8.06. The molecule has 2 bridgehead atoms.